The molecule has 0 saturated heterocycles. The number of nitrogens with zero attached hydrogens (tertiary/aromatic N) is 2. The number of carbonyl (C=O) groups is 1. The van der Waals surface area contributed by atoms with Crippen molar-refractivity contribution in [2.75, 3.05) is 6.54 Å². The van der Waals surface area contributed by atoms with E-state index in [9.17, 15) is 4.79 Å². The van der Waals surface area contributed by atoms with Crippen LogP contribution in [0, 0.1) is 5.92 Å². The van der Waals surface area contributed by atoms with Crippen molar-refractivity contribution in [3.63, 3.8) is 0 Å². The third-order valence-corrected chi connectivity index (χ3v) is 2.80. The molecule has 1 N–H and O–H groups in total. The van der Waals surface area contributed by atoms with E-state index in [0.29, 0.717) is 18.9 Å². The number of para-hydroxylation sites is 2. The van der Waals surface area contributed by atoms with E-state index in [1.807, 2.05) is 44.4 Å². The lowest BCUT2D eigenvalue weighted by molar-refractivity contribution is -0.121. The molecule has 0 bridgehead atoms. The largest absolute Gasteiger partial charge is 0.354 e. The highest BCUT2D eigenvalue weighted by molar-refractivity contribution is 5.76. The first-order valence-electron chi connectivity index (χ1n) is 6.33. The van der Waals surface area contributed by atoms with Gasteiger partial charge in [0.15, 0.2) is 0 Å². The summed E-state index contributed by atoms with van der Waals surface area (Å²) < 4.78 is 2.06. The molecule has 2 rings (SSSR count). The van der Waals surface area contributed by atoms with Crippen LogP contribution in [0.15, 0.2) is 30.6 Å². The fourth-order valence-corrected chi connectivity index (χ4v) is 1.95. The Bertz CT molecular complexity index is 531. The number of fused-ring (bicyclic) bond motifs is 1. The van der Waals surface area contributed by atoms with Crippen molar-refractivity contribution in [2.24, 2.45) is 5.92 Å². The van der Waals surface area contributed by atoms with E-state index in [0.717, 1.165) is 17.6 Å². The van der Waals surface area contributed by atoms with E-state index < -0.39 is 0 Å². The molecular weight excluding hydrogens is 226 g/mol. The van der Waals surface area contributed by atoms with Gasteiger partial charge in [0.25, 0.3) is 0 Å². The second kappa shape index (κ2) is 5.67. The van der Waals surface area contributed by atoms with E-state index in [4.69, 9.17) is 0 Å². The number of carbonyl (C=O) groups excluding carboxylic acids is 1. The quantitative estimate of drug-likeness (QED) is 0.877. The molecule has 1 heterocycles. The highest BCUT2D eigenvalue weighted by Crippen LogP contribution is 2.11. The first kappa shape index (κ1) is 12.6. The molecule has 0 spiro atoms. The maximum absolute atomic E-state index is 11.5. The number of benzene rings is 1. The number of aromatic nitrogens is 2. The van der Waals surface area contributed by atoms with E-state index in [1.165, 1.54) is 0 Å². The van der Waals surface area contributed by atoms with Gasteiger partial charge >= 0.3 is 0 Å². The van der Waals surface area contributed by atoms with Gasteiger partial charge in [0.1, 0.15) is 0 Å². The molecule has 4 heteroatoms. The SMILES string of the molecule is CC(C)CC(=O)NCCn1cnc2ccccc21. The molecule has 0 atom stereocenters. The summed E-state index contributed by atoms with van der Waals surface area (Å²) in [4.78, 5) is 15.8. The summed E-state index contributed by atoms with van der Waals surface area (Å²) in [6, 6.07) is 8.00. The Balaban J connectivity index is 1.89. The summed E-state index contributed by atoms with van der Waals surface area (Å²) in [6.07, 6.45) is 2.41. The fraction of sp³-hybridized carbons (Fsp3) is 0.429. The molecule has 0 radical (unpaired) electrons. The second-order valence-electron chi connectivity index (χ2n) is 4.87. The molecule has 0 fully saturated rings. The average Bonchev–Trinajstić information content (AvgIpc) is 2.72. The lowest BCUT2D eigenvalue weighted by Crippen LogP contribution is -2.27. The molecule has 4 nitrogen and oxygen atoms in total. The molecule has 0 saturated carbocycles. The number of hydrogen-bond acceptors (Lipinski definition) is 2. The van der Waals surface area contributed by atoms with Crippen LogP contribution in [-0.2, 0) is 11.3 Å². The van der Waals surface area contributed by atoms with Gasteiger partial charge in [-0.15, -0.1) is 0 Å². The molecule has 96 valence electrons. The number of nitrogens with one attached hydrogen (secondary N) is 1. The first-order valence-corrected chi connectivity index (χ1v) is 6.33. The van der Waals surface area contributed by atoms with E-state index in [2.05, 4.69) is 14.9 Å². The van der Waals surface area contributed by atoms with Crippen LogP contribution in [0.25, 0.3) is 11.0 Å². The van der Waals surface area contributed by atoms with Crippen LogP contribution in [0.3, 0.4) is 0 Å². The van der Waals surface area contributed by atoms with Crippen LogP contribution >= 0.6 is 0 Å². The zero-order chi connectivity index (χ0) is 13.0. The minimum Gasteiger partial charge on any atom is -0.354 e. The van der Waals surface area contributed by atoms with Crippen LogP contribution in [0.1, 0.15) is 20.3 Å². The first-order chi connectivity index (χ1) is 8.66. The number of amides is 1. The molecule has 1 aromatic carbocycles. The molecular formula is C14H19N3O. The standard InChI is InChI=1S/C14H19N3O/c1-11(2)9-14(18)15-7-8-17-10-16-12-5-3-4-6-13(12)17/h3-6,10-11H,7-9H2,1-2H3,(H,15,18). The van der Waals surface area contributed by atoms with Crippen molar-refractivity contribution >= 4 is 16.9 Å². The third kappa shape index (κ3) is 3.09. The molecule has 0 aliphatic carbocycles. The highest BCUT2D eigenvalue weighted by Gasteiger charge is 2.05. The van der Waals surface area contributed by atoms with Crippen molar-refractivity contribution < 1.29 is 4.79 Å². The maximum atomic E-state index is 11.5. The van der Waals surface area contributed by atoms with Gasteiger partial charge < -0.3 is 9.88 Å². The van der Waals surface area contributed by atoms with Crippen LogP contribution in [-0.4, -0.2) is 22.0 Å². The van der Waals surface area contributed by atoms with Crippen LogP contribution < -0.4 is 5.32 Å². The van der Waals surface area contributed by atoms with Gasteiger partial charge in [0.2, 0.25) is 5.91 Å². The Morgan fingerprint density at radius 3 is 2.94 bits per heavy atom. The summed E-state index contributed by atoms with van der Waals surface area (Å²) >= 11 is 0. The molecule has 2 aromatic rings. The number of hydrogen-bond donors (Lipinski definition) is 1. The highest BCUT2D eigenvalue weighted by atomic mass is 16.1. The maximum Gasteiger partial charge on any atom is 0.220 e. The number of rotatable bonds is 5. The van der Waals surface area contributed by atoms with Crippen molar-refractivity contribution in [3.8, 4) is 0 Å². The van der Waals surface area contributed by atoms with Crippen molar-refractivity contribution in [3.05, 3.63) is 30.6 Å². The van der Waals surface area contributed by atoms with Gasteiger partial charge in [-0.25, -0.2) is 4.98 Å². The Morgan fingerprint density at radius 1 is 1.39 bits per heavy atom. The second-order valence-corrected chi connectivity index (χ2v) is 4.87. The van der Waals surface area contributed by atoms with Crippen molar-refractivity contribution in [1.82, 2.24) is 14.9 Å². The monoisotopic (exact) mass is 245 g/mol. The minimum atomic E-state index is 0.120. The molecule has 0 unspecified atom stereocenters. The Morgan fingerprint density at radius 2 is 2.17 bits per heavy atom. The predicted octanol–water partition coefficient (Wildman–Crippen LogP) is 2.20. The zero-order valence-corrected chi connectivity index (χ0v) is 10.9. The summed E-state index contributed by atoms with van der Waals surface area (Å²) in [5.74, 6) is 0.522. The van der Waals surface area contributed by atoms with Crippen molar-refractivity contribution in [2.45, 2.75) is 26.8 Å². The van der Waals surface area contributed by atoms with Crippen LogP contribution in [0.4, 0.5) is 0 Å². The molecule has 1 amide bonds. The topological polar surface area (TPSA) is 46.9 Å². The third-order valence-electron chi connectivity index (χ3n) is 2.80. The molecule has 18 heavy (non-hydrogen) atoms. The Labute approximate surface area is 107 Å². The van der Waals surface area contributed by atoms with Crippen molar-refractivity contribution in [1.29, 1.82) is 0 Å². The van der Waals surface area contributed by atoms with Crippen LogP contribution in [0.2, 0.25) is 0 Å². The fourth-order valence-electron chi connectivity index (χ4n) is 1.95. The predicted molar refractivity (Wildman–Crippen MR) is 72.2 cm³/mol. The van der Waals surface area contributed by atoms with E-state index in [-0.39, 0.29) is 5.91 Å². The Kier molecular flexibility index (Phi) is 3.97. The van der Waals surface area contributed by atoms with Gasteiger partial charge in [0, 0.05) is 19.5 Å². The summed E-state index contributed by atoms with van der Waals surface area (Å²) in [7, 11) is 0. The lowest BCUT2D eigenvalue weighted by atomic mass is 10.1. The average molecular weight is 245 g/mol. The van der Waals surface area contributed by atoms with Gasteiger partial charge in [-0.3, -0.25) is 4.79 Å². The number of imidazole rings is 1. The van der Waals surface area contributed by atoms with Gasteiger partial charge in [0.05, 0.1) is 17.4 Å². The smallest absolute Gasteiger partial charge is 0.220 e. The molecule has 1 aromatic heterocycles. The zero-order valence-electron chi connectivity index (χ0n) is 10.9. The summed E-state index contributed by atoms with van der Waals surface area (Å²) in [5, 5.41) is 2.93. The molecule has 0 aliphatic rings. The minimum absolute atomic E-state index is 0.120. The molecule has 0 aliphatic heterocycles. The van der Waals surface area contributed by atoms with Gasteiger partial charge in [-0.2, -0.15) is 0 Å². The van der Waals surface area contributed by atoms with Gasteiger partial charge in [-0.1, -0.05) is 26.0 Å². The summed E-state index contributed by atoms with van der Waals surface area (Å²) in [6.45, 7) is 5.49. The van der Waals surface area contributed by atoms with E-state index >= 15 is 0 Å². The normalized spacial score (nSPS) is 11.1. The van der Waals surface area contributed by atoms with Crippen LogP contribution in [0.5, 0.6) is 0 Å². The Hall–Kier alpha value is -1.84. The van der Waals surface area contributed by atoms with Gasteiger partial charge in [-0.05, 0) is 18.1 Å². The van der Waals surface area contributed by atoms with E-state index in [1.54, 1.807) is 0 Å². The summed E-state index contributed by atoms with van der Waals surface area (Å²) in [5.41, 5.74) is 2.10. The lowest BCUT2D eigenvalue weighted by Gasteiger charge is -2.08.